The number of hydrogen-bond acceptors (Lipinski definition) is 3. The van der Waals surface area contributed by atoms with E-state index < -0.39 is 21.7 Å². The fourth-order valence-electron chi connectivity index (χ4n) is 1.51. The summed E-state index contributed by atoms with van der Waals surface area (Å²) < 4.78 is 37.1. The van der Waals surface area contributed by atoms with Gasteiger partial charge in [-0.1, -0.05) is 0 Å². The highest BCUT2D eigenvalue weighted by Gasteiger charge is 2.20. The number of carbonyl (C=O) groups is 1. The van der Waals surface area contributed by atoms with Gasteiger partial charge in [0.1, 0.15) is 12.4 Å². The maximum absolute atomic E-state index is 12.8. The number of rotatable bonds is 5. The summed E-state index contributed by atoms with van der Waals surface area (Å²) in [4.78, 5) is 11.7. The predicted molar refractivity (Wildman–Crippen MR) is 71.9 cm³/mol. The zero-order chi connectivity index (χ0) is 14.6. The molecule has 1 rings (SSSR count). The monoisotopic (exact) mass is 288 g/mol. The van der Waals surface area contributed by atoms with Gasteiger partial charge in [0.05, 0.1) is 11.9 Å². The Morgan fingerprint density at radius 3 is 2.26 bits per heavy atom. The lowest BCUT2D eigenvalue weighted by Gasteiger charge is -2.22. The summed E-state index contributed by atoms with van der Waals surface area (Å²) in [6, 6.07) is 4.85. The Bertz CT molecular complexity index is 541. The van der Waals surface area contributed by atoms with Gasteiger partial charge in [-0.3, -0.25) is 9.10 Å². The van der Waals surface area contributed by atoms with Gasteiger partial charge in [0.15, 0.2) is 0 Å². The molecule has 1 N–H and O–H groups in total. The largest absolute Gasteiger partial charge is 0.352 e. The minimum absolute atomic E-state index is 0.0814. The number of sulfonamides is 1. The molecule has 1 aromatic rings. The van der Waals surface area contributed by atoms with Crippen molar-refractivity contribution in [2.24, 2.45) is 0 Å². The van der Waals surface area contributed by atoms with Crippen molar-refractivity contribution in [3.05, 3.63) is 30.1 Å². The standard InChI is InChI=1S/C12H17FN2O3S/c1-9(2)14-12(16)8-15(19(3,17)18)11-6-4-10(13)5-7-11/h4-7,9H,8H2,1-3H3,(H,14,16). The minimum atomic E-state index is -3.61. The van der Waals surface area contributed by atoms with Crippen LogP contribution in [0, 0.1) is 5.82 Å². The number of nitrogens with one attached hydrogen (secondary N) is 1. The molecule has 0 spiro atoms. The third-order valence-corrected chi connectivity index (χ3v) is 3.39. The second-order valence-electron chi connectivity index (χ2n) is 4.47. The molecule has 5 nitrogen and oxygen atoms in total. The molecular formula is C12H17FN2O3S. The van der Waals surface area contributed by atoms with Crippen molar-refractivity contribution >= 4 is 21.6 Å². The van der Waals surface area contributed by atoms with Crippen molar-refractivity contribution in [2.45, 2.75) is 19.9 Å². The summed E-state index contributed by atoms with van der Waals surface area (Å²) in [6.45, 7) is 3.23. The quantitative estimate of drug-likeness (QED) is 0.883. The summed E-state index contributed by atoms with van der Waals surface area (Å²) in [6.07, 6.45) is 0.999. The molecule has 0 bridgehead atoms. The fraction of sp³-hybridized carbons (Fsp3) is 0.417. The molecule has 0 aliphatic rings. The number of benzene rings is 1. The van der Waals surface area contributed by atoms with Crippen LogP contribution >= 0.6 is 0 Å². The summed E-state index contributed by atoms with van der Waals surface area (Å²) in [5.74, 6) is -0.881. The zero-order valence-corrected chi connectivity index (χ0v) is 11.9. The van der Waals surface area contributed by atoms with E-state index in [0.29, 0.717) is 0 Å². The maximum atomic E-state index is 12.8. The first-order chi connectivity index (χ1) is 8.70. The van der Waals surface area contributed by atoms with Gasteiger partial charge in [0, 0.05) is 6.04 Å². The second-order valence-corrected chi connectivity index (χ2v) is 6.38. The molecule has 106 valence electrons. The molecule has 1 amide bonds. The van der Waals surface area contributed by atoms with Crippen LogP contribution < -0.4 is 9.62 Å². The Hall–Kier alpha value is -1.63. The van der Waals surface area contributed by atoms with E-state index in [-0.39, 0.29) is 18.3 Å². The van der Waals surface area contributed by atoms with E-state index in [1.807, 2.05) is 0 Å². The van der Waals surface area contributed by atoms with Crippen molar-refractivity contribution in [1.29, 1.82) is 0 Å². The Morgan fingerprint density at radius 2 is 1.84 bits per heavy atom. The summed E-state index contributed by atoms with van der Waals surface area (Å²) in [5, 5.41) is 2.61. The van der Waals surface area contributed by atoms with Gasteiger partial charge in [-0.2, -0.15) is 0 Å². The maximum Gasteiger partial charge on any atom is 0.240 e. The Labute approximate surface area is 112 Å². The van der Waals surface area contributed by atoms with Crippen molar-refractivity contribution in [1.82, 2.24) is 5.32 Å². The van der Waals surface area contributed by atoms with E-state index in [1.165, 1.54) is 12.1 Å². The highest BCUT2D eigenvalue weighted by Crippen LogP contribution is 2.17. The molecule has 0 aliphatic carbocycles. The van der Waals surface area contributed by atoms with Crippen molar-refractivity contribution in [2.75, 3.05) is 17.1 Å². The third kappa shape index (κ3) is 4.86. The smallest absolute Gasteiger partial charge is 0.240 e. The highest BCUT2D eigenvalue weighted by atomic mass is 32.2. The lowest BCUT2D eigenvalue weighted by atomic mass is 10.3. The van der Waals surface area contributed by atoms with Crippen LogP contribution in [0.5, 0.6) is 0 Å². The number of amides is 1. The highest BCUT2D eigenvalue weighted by molar-refractivity contribution is 7.92. The van der Waals surface area contributed by atoms with E-state index in [0.717, 1.165) is 22.7 Å². The minimum Gasteiger partial charge on any atom is -0.352 e. The molecule has 0 atom stereocenters. The van der Waals surface area contributed by atoms with E-state index in [2.05, 4.69) is 5.32 Å². The van der Waals surface area contributed by atoms with Crippen molar-refractivity contribution in [3.8, 4) is 0 Å². The summed E-state index contributed by atoms with van der Waals surface area (Å²) in [5.41, 5.74) is 0.253. The fourth-order valence-corrected chi connectivity index (χ4v) is 2.36. The van der Waals surface area contributed by atoms with Crippen molar-refractivity contribution in [3.63, 3.8) is 0 Å². The zero-order valence-electron chi connectivity index (χ0n) is 11.1. The van der Waals surface area contributed by atoms with E-state index in [9.17, 15) is 17.6 Å². The Kier molecular flexibility index (Phi) is 4.88. The molecule has 0 saturated carbocycles. The van der Waals surface area contributed by atoms with Gasteiger partial charge >= 0.3 is 0 Å². The summed E-state index contributed by atoms with van der Waals surface area (Å²) in [7, 11) is -3.61. The average molecular weight is 288 g/mol. The molecule has 0 heterocycles. The Morgan fingerprint density at radius 1 is 1.32 bits per heavy atom. The second kappa shape index (κ2) is 6.01. The van der Waals surface area contributed by atoms with Gasteiger partial charge in [-0.25, -0.2) is 12.8 Å². The topological polar surface area (TPSA) is 66.5 Å². The first kappa shape index (κ1) is 15.4. The van der Waals surface area contributed by atoms with Crippen LogP contribution in [-0.2, 0) is 14.8 Å². The van der Waals surface area contributed by atoms with Crippen LogP contribution in [0.25, 0.3) is 0 Å². The first-order valence-electron chi connectivity index (χ1n) is 5.73. The van der Waals surface area contributed by atoms with E-state index in [1.54, 1.807) is 13.8 Å². The van der Waals surface area contributed by atoms with Crippen LogP contribution in [-0.4, -0.2) is 33.2 Å². The number of anilines is 1. The molecular weight excluding hydrogens is 271 g/mol. The molecule has 1 aromatic carbocycles. The number of halogens is 1. The van der Waals surface area contributed by atoms with Crippen molar-refractivity contribution < 1.29 is 17.6 Å². The molecule has 7 heteroatoms. The Balaban J connectivity index is 2.97. The number of carbonyl (C=O) groups excluding carboxylic acids is 1. The van der Waals surface area contributed by atoms with Gasteiger partial charge < -0.3 is 5.32 Å². The van der Waals surface area contributed by atoms with Gasteiger partial charge in [-0.05, 0) is 38.1 Å². The van der Waals surface area contributed by atoms with Crippen LogP contribution in [0.4, 0.5) is 10.1 Å². The third-order valence-electron chi connectivity index (χ3n) is 2.25. The van der Waals surface area contributed by atoms with E-state index in [4.69, 9.17) is 0 Å². The van der Waals surface area contributed by atoms with Crippen LogP contribution in [0.3, 0.4) is 0 Å². The predicted octanol–water partition coefficient (Wildman–Crippen LogP) is 1.12. The molecule has 0 unspecified atom stereocenters. The molecule has 0 saturated heterocycles. The van der Waals surface area contributed by atoms with Crippen LogP contribution in [0.2, 0.25) is 0 Å². The van der Waals surface area contributed by atoms with Gasteiger partial charge in [0.2, 0.25) is 15.9 Å². The first-order valence-corrected chi connectivity index (χ1v) is 7.57. The normalized spacial score (nSPS) is 11.4. The average Bonchev–Trinajstić information content (AvgIpc) is 2.25. The number of nitrogens with zero attached hydrogens (tertiary/aromatic N) is 1. The molecule has 19 heavy (non-hydrogen) atoms. The van der Waals surface area contributed by atoms with Gasteiger partial charge in [0.25, 0.3) is 0 Å². The lowest BCUT2D eigenvalue weighted by molar-refractivity contribution is -0.120. The van der Waals surface area contributed by atoms with E-state index >= 15 is 0 Å². The summed E-state index contributed by atoms with van der Waals surface area (Å²) >= 11 is 0. The molecule has 0 radical (unpaired) electrons. The van der Waals surface area contributed by atoms with Gasteiger partial charge in [-0.15, -0.1) is 0 Å². The molecule has 0 aromatic heterocycles. The lowest BCUT2D eigenvalue weighted by Crippen LogP contribution is -2.42. The number of hydrogen-bond donors (Lipinski definition) is 1. The molecule has 0 aliphatic heterocycles. The van der Waals surface area contributed by atoms with Crippen LogP contribution in [0.15, 0.2) is 24.3 Å². The molecule has 0 fully saturated rings. The van der Waals surface area contributed by atoms with Crippen LogP contribution in [0.1, 0.15) is 13.8 Å². The SMILES string of the molecule is CC(C)NC(=O)CN(c1ccc(F)cc1)S(C)(=O)=O.